The van der Waals surface area contributed by atoms with Crippen LogP contribution in [0.3, 0.4) is 0 Å². The molecule has 1 fully saturated rings. The quantitative estimate of drug-likeness (QED) is 0.562. The number of hydrogen-bond acceptors (Lipinski definition) is 2. The highest BCUT2D eigenvalue weighted by Gasteiger charge is 2.16. The van der Waals surface area contributed by atoms with Gasteiger partial charge in [-0.2, -0.15) is 0 Å². The van der Waals surface area contributed by atoms with Gasteiger partial charge in [0.05, 0.1) is 0 Å². The summed E-state index contributed by atoms with van der Waals surface area (Å²) in [5.74, 6) is 1.48. The van der Waals surface area contributed by atoms with Gasteiger partial charge in [0.1, 0.15) is 0 Å². The van der Waals surface area contributed by atoms with Crippen LogP contribution in [0.1, 0.15) is 12.8 Å². The van der Waals surface area contributed by atoms with E-state index in [1.54, 1.807) is 0 Å². The van der Waals surface area contributed by atoms with E-state index in [1.807, 2.05) is 0 Å². The molecule has 1 amide bonds. The van der Waals surface area contributed by atoms with E-state index in [1.165, 1.54) is 0 Å². The largest absolute Gasteiger partial charge is 0.356 e. The fourth-order valence-corrected chi connectivity index (χ4v) is 2.36. The Kier molecular flexibility index (Phi) is 2.86. The highest BCUT2D eigenvalue weighted by atomic mass is 32.2. The predicted molar refractivity (Wildman–Crippen MR) is 40.1 cm³/mol. The van der Waals surface area contributed by atoms with Crippen molar-refractivity contribution in [3.05, 3.63) is 0 Å². The third-order valence-electron chi connectivity index (χ3n) is 1.69. The number of carbonyl (C=O) groups is 1. The molecule has 0 atom stereocenters. The van der Waals surface area contributed by atoms with Gasteiger partial charge in [-0.25, -0.2) is 0 Å². The normalized spacial score (nSPS) is 33.2. The maximum Gasteiger partial charge on any atom is 0.207 e. The molecule has 4 heteroatoms. The van der Waals surface area contributed by atoms with Crippen molar-refractivity contribution in [2.75, 3.05) is 11.5 Å². The first-order valence-electron chi connectivity index (χ1n) is 3.37. The van der Waals surface area contributed by atoms with Gasteiger partial charge < -0.3 is 5.32 Å². The summed E-state index contributed by atoms with van der Waals surface area (Å²) in [6, 6.07) is 0.273. The zero-order valence-electron chi connectivity index (χ0n) is 5.71. The van der Waals surface area contributed by atoms with Gasteiger partial charge in [0.2, 0.25) is 6.41 Å². The van der Waals surface area contributed by atoms with Crippen LogP contribution in [0, 0.1) is 0 Å². The van der Waals surface area contributed by atoms with E-state index in [9.17, 15) is 9.00 Å². The minimum absolute atomic E-state index is 0.273. The Bertz CT molecular complexity index is 139. The Hall–Kier alpha value is -0.380. The van der Waals surface area contributed by atoms with Crippen molar-refractivity contribution in [2.45, 2.75) is 18.9 Å². The van der Waals surface area contributed by atoms with E-state index < -0.39 is 10.8 Å². The van der Waals surface area contributed by atoms with Crippen LogP contribution in [0.4, 0.5) is 0 Å². The van der Waals surface area contributed by atoms with Gasteiger partial charge in [0.25, 0.3) is 0 Å². The first-order chi connectivity index (χ1) is 4.83. The molecule has 0 unspecified atom stereocenters. The molecule has 0 bridgehead atoms. The summed E-state index contributed by atoms with van der Waals surface area (Å²) in [7, 11) is -0.620. The average molecular weight is 161 g/mol. The minimum atomic E-state index is -0.620. The maximum atomic E-state index is 10.8. The van der Waals surface area contributed by atoms with Crippen LogP contribution in [-0.4, -0.2) is 28.2 Å². The van der Waals surface area contributed by atoms with Gasteiger partial charge >= 0.3 is 0 Å². The average Bonchev–Trinajstić information content (AvgIpc) is 1.95. The summed E-state index contributed by atoms with van der Waals surface area (Å²) in [5, 5.41) is 2.69. The van der Waals surface area contributed by atoms with Crippen LogP contribution in [-0.2, 0) is 15.6 Å². The predicted octanol–water partition coefficient (Wildman–Crippen LogP) is -0.357. The molecule has 1 saturated heterocycles. The third kappa shape index (κ3) is 2.10. The molecular formula is C6H11NO2S. The molecule has 0 aromatic heterocycles. The van der Waals surface area contributed by atoms with Crippen LogP contribution in [0.2, 0.25) is 0 Å². The Balaban J connectivity index is 2.25. The molecular weight excluding hydrogens is 150 g/mol. The topological polar surface area (TPSA) is 46.2 Å². The van der Waals surface area contributed by atoms with Crippen LogP contribution in [0.15, 0.2) is 0 Å². The van der Waals surface area contributed by atoms with Crippen molar-refractivity contribution in [3.8, 4) is 0 Å². The molecule has 0 aliphatic carbocycles. The molecule has 1 N–H and O–H groups in total. The highest BCUT2D eigenvalue weighted by molar-refractivity contribution is 7.85. The molecule has 0 spiro atoms. The van der Waals surface area contributed by atoms with Crippen molar-refractivity contribution >= 4 is 17.2 Å². The molecule has 1 rings (SSSR count). The fourth-order valence-electron chi connectivity index (χ4n) is 1.06. The van der Waals surface area contributed by atoms with Crippen LogP contribution in [0.5, 0.6) is 0 Å². The highest BCUT2D eigenvalue weighted by Crippen LogP contribution is 2.07. The minimum Gasteiger partial charge on any atom is -0.356 e. The van der Waals surface area contributed by atoms with Crippen molar-refractivity contribution in [1.29, 1.82) is 0 Å². The van der Waals surface area contributed by atoms with Crippen molar-refractivity contribution in [2.24, 2.45) is 0 Å². The van der Waals surface area contributed by atoms with Crippen molar-refractivity contribution in [3.63, 3.8) is 0 Å². The lowest BCUT2D eigenvalue weighted by atomic mass is 10.2. The fraction of sp³-hybridized carbons (Fsp3) is 0.833. The molecule has 0 aromatic rings. The zero-order valence-corrected chi connectivity index (χ0v) is 6.52. The molecule has 58 valence electrons. The van der Waals surface area contributed by atoms with Gasteiger partial charge in [-0.1, -0.05) is 0 Å². The Morgan fingerprint density at radius 1 is 1.40 bits per heavy atom. The lowest BCUT2D eigenvalue weighted by Crippen LogP contribution is -2.34. The van der Waals surface area contributed by atoms with Crippen molar-refractivity contribution < 1.29 is 9.00 Å². The third-order valence-corrected chi connectivity index (χ3v) is 3.07. The number of carbonyl (C=O) groups excluding carboxylic acids is 1. The second kappa shape index (κ2) is 3.71. The Labute approximate surface area is 62.6 Å². The molecule has 1 aliphatic heterocycles. The first kappa shape index (κ1) is 7.72. The number of rotatable bonds is 2. The Morgan fingerprint density at radius 3 is 2.50 bits per heavy atom. The molecule has 0 radical (unpaired) electrons. The molecule has 0 aromatic carbocycles. The maximum absolute atomic E-state index is 10.8. The summed E-state index contributed by atoms with van der Waals surface area (Å²) in [5.41, 5.74) is 0. The number of hydrogen-bond donors (Lipinski definition) is 1. The van der Waals surface area contributed by atoms with E-state index in [0.29, 0.717) is 0 Å². The summed E-state index contributed by atoms with van der Waals surface area (Å²) >= 11 is 0. The molecule has 1 aliphatic rings. The summed E-state index contributed by atoms with van der Waals surface area (Å²) in [6.07, 6.45) is 2.45. The smallest absolute Gasteiger partial charge is 0.207 e. The molecule has 10 heavy (non-hydrogen) atoms. The molecule has 3 nitrogen and oxygen atoms in total. The van der Waals surface area contributed by atoms with Crippen LogP contribution in [0.25, 0.3) is 0 Å². The molecule has 1 heterocycles. The summed E-state index contributed by atoms with van der Waals surface area (Å²) < 4.78 is 10.8. The number of nitrogens with one attached hydrogen (secondary N) is 1. The molecule has 0 saturated carbocycles. The van der Waals surface area contributed by atoms with E-state index in [2.05, 4.69) is 5.32 Å². The monoisotopic (exact) mass is 161 g/mol. The van der Waals surface area contributed by atoms with Gasteiger partial charge in [-0.15, -0.1) is 0 Å². The van der Waals surface area contributed by atoms with E-state index in [0.717, 1.165) is 30.8 Å². The standard InChI is InChI=1S/C6H11NO2S/c8-5-7-6-1-3-10(9)4-2-6/h5-6H,1-4H2,(H,7,8). The lowest BCUT2D eigenvalue weighted by Gasteiger charge is -2.19. The zero-order chi connectivity index (χ0) is 7.40. The van der Waals surface area contributed by atoms with Gasteiger partial charge in [0, 0.05) is 28.3 Å². The van der Waals surface area contributed by atoms with E-state index in [-0.39, 0.29) is 6.04 Å². The second-order valence-electron chi connectivity index (χ2n) is 2.41. The summed E-state index contributed by atoms with van der Waals surface area (Å²) in [4.78, 5) is 9.97. The van der Waals surface area contributed by atoms with E-state index in [4.69, 9.17) is 0 Å². The van der Waals surface area contributed by atoms with Gasteiger partial charge in [0.15, 0.2) is 0 Å². The van der Waals surface area contributed by atoms with Crippen molar-refractivity contribution in [1.82, 2.24) is 5.32 Å². The summed E-state index contributed by atoms with van der Waals surface area (Å²) in [6.45, 7) is 0. The lowest BCUT2D eigenvalue weighted by molar-refractivity contribution is -0.110. The number of amides is 1. The van der Waals surface area contributed by atoms with Crippen LogP contribution < -0.4 is 5.32 Å². The second-order valence-corrected chi connectivity index (χ2v) is 4.10. The van der Waals surface area contributed by atoms with Gasteiger partial charge in [-0.3, -0.25) is 9.00 Å². The first-order valence-corrected chi connectivity index (χ1v) is 4.86. The SMILES string of the molecule is O=CNC1CCS(=O)CC1. The van der Waals surface area contributed by atoms with E-state index >= 15 is 0 Å². The van der Waals surface area contributed by atoms with Gasteiger partial charge in [-0.05, 0) is 12.8 Å². The van der Waals surface area contributed by atoms with Crippen LogP contribution >= 0.6 is 0 Å². The Morgan fingerprint density at radius 2 is 2.00 bits per heavy atom.